The molecule has 0 fully saturated rings. The van der Waals surface area contributed by atoms with E-state index in [0.717, 1.165) is 17.0 Å². The van der Waals surface area contributed by atoms with E-state index < -0.39 is 0 Å². The molecule has 0 aliphatic heterocycles. The van der Waals surface area contributed by atoms with Crippen LogP contribution in [0.1, 0.15) is 5.56 Å². The molecule has 72 valence electrons. The van der Waals surface area contributed by atoms with Gasteiger partial charge >= 0.3 is 0 Å². The number of nitrogens with two attached hydrogens (primary N) is 1. The lowest BCUT2D eigenvalue weighted by Crippen LogP contribution is -2.10. The number of anilines is 1. The van der Waals surface area contributed by atoms with Crippen LogP contribution in [0.4, 0.5) is 5.69 Å². The summed E-state index contributed by atoms with van der Waals surface area (Å²) in [6, 6.07) is 5.99. The van der Waals surface area contributed by atoms with Crippen molar-refractivity contribution in [1.82, 2.24) is 0 Å². The lowest BCUT2D eigenvalue weighted by Gasteiger charge is -2.16. The Morgan fingerprint density at radius 2 is 2.08 bits per heavy atom. The van der Waals surface area contributed by atoms with Gasteiger partial charge in [0.25, 0.3) is 0 Å². The van der Waals surface area contributed by atoms with E-state index in [-0.39, 0.29) is 0 Å². The van der Waals surface area contributed by atoms with E-state index in [1.807, 2.05) is 37.2 Å². The SMILES string of the molecule is COc1cc(CN)ccc1N(C)C. The van der Waals surface area contributed by atoms with Crippen LogP contribution in [0.3, 0.4) is 0 Å². The van der Waals surface area contributed by atoms with Gasteiger partial charge in [0.1, 0.15) is 5.75 Å². The van der Waals surface area contributed by atoms with Crippen LogP contribution in [0.5, 0.6) is 5.75 Å². The normalized spacial score (nSPS) is 9.85. The van der Waals surface area contributed by atoms with Crippen LogP contribution in [-0.2, 0) is 6.54 Å². The van der Waals surface area contributed by atoms with Gasteiger partial charge in [-0.2, -0.15) is 0 Å². The maximum Gasteiger partial charge on any atom is 0.142 e. The smallest absolute Gasteiger partial charge is 0.142 e. The van der Waals surface area contributed by atoms with Crippen LogP contribution in [0.25, 0.3) is 0 Å². The first kappa shape index (κ1) is 9.86. The van der Waals surface area contributed by atoms with Gasteiger partial charge in [0.2, 0.25) is 0 Å². The Hall–Kier alpha value is -1.22. The first-order valence-corrected chi connectivity index (χ1v) is 4.23. The Bertz CT molecular complexity index is 284. The van der Waals surface area contributed by atoms with E-state index in [2.05, 4.69) is 0 Å². The monoisotopic (exact) mass is 180 g/mol. The second-order valence-electron chi connectivity index (χ2n) is 3.10. The largest absolute Gasteiger partial charge is 0.495 e. The molecule has 0 aromatic heterocycles. The molecule has 0 saturated carbocycles. The van der Waals surface area contributed by atoms with E-state index in [9.17, 15) is 0 Å². The number of hydrogen-bond acceptors (Lipinski definition) is 3. The van der Waals surface area contributed by atoms with Gasteiger partial charge in [0.15, 0.2) is 0 Å². The van der Waals surface area contributed by atoms with Crippen LogP contribution in [0.2, 0.25) is 0 Å². The van der Waals surface area contributed by atoms with E-state index >= 15 is 0 Å². The molecule has 0 spiro atoms. The summed E-state index contributed by atoms with van der Waals surface area (Å²) in [7, 11) is 5.64. The van der Waals surface area contributed by atoms with E-state index in [1.54, 1.807) is 7.11 Å². The average molecular weight is 180 g/mol. The van der Waals surface area contributed by atoms with E-state index in [0.29, 0.717) is 6.54 Å². The number of methoxy groups -OCH3 is 1. The third kappa shape index (κ3) is 2.12. The van der Waals surface area contributed by atoms with Crippen LogP contribution in [0, 0.1) is 0 Å². The fourth-order valence-electron chi connectivity index (χ4n) is 1.22. The zero-order valence-electron chi connectivity index (χ0n) is 8.37. The van der Waals surface area contributed by atoms with Gasteiger partial charge in [-0.1, -0.05) is 6.07 Å². The minimum atomic E-state index is 0.546. The Labute approximate surface area is 79.1 Å². The molecule has 3 heteroatoms. The Morgan fingerprint density at radius 3 is 2.54 bits per heavy atom. The van der Waals surface area contributed by atoms with E-state index in [1.165, 1.54) is 0 Å². The summed E-state index contributed by atoms with van der Waals surface area (Å²) >= 11 is 0. The molecule has 0 heterocycles. The lowest BCUT2D eigenvalue weighted by molar-refractivity contribution is 0.415. The summed E-state index contributed by atoms with van der Waals surface area (Å²) in [4.78, 5) is 2.01. The fraction of sp³-hybridized carbons (Fsp3) is 0.400. The third-order valence-corrected chi connectivity index (χ3v) is 1.96. The van der Waals surface area contributed by atoms with Crippen molar-refractivity contribution in [3.8, 4) is 5.75 Å². The van der Waals surface area contributed by atoms with Crippen LogP contribution in [0.15, 0.2) is 18.2 Å². The summed E-state index contributed by atoms with van der Waals surface area (Å²) in [6.45, 7) is 0.546. The molecule has 0 amide bonds. The fourth-order valence-corrected chi connectivity index (χ4v) is 1.22. The van der Waals surface area contributed by atoms with Crippen LogP contribution >= 0.6 is 0 Å². The molecule has 0 bridgehead atoms. The quantitative estimate of drug-likeness (QED) is 0.760. The maximum atomic E-state index is 5.53. The number of benzene rings is 1. The van der Waals surface area contributed by atoms with E-state index in [4.69, 9.17) is 10.5 Å². The molecule has 2 N–H and O–H groups in total. The van der Waals surface area contributed by atoms with Crippen molar-refractivity contribution in [3.63, 3.8) is 0 Å². The lowest BCUT2D eigenvalue weighted by atomic mass is 10.2. The van der Waals surface area contributed by atoms with Crippen molar-refractivity contribution in [3.05, 3.63) is 23.8 Å². The number of hydrogen-bond donors (Lipinski definition) is 1. The van der Waals surface area contributed by atoms with Crippen molar-refractivity contribution < 1.29 is 4.74 Å². The highest BCUT2D eigenvalue weighted by molar-refractivity contribution is 5.58. The van der Waals surface area contributed by atoms with Gasteiger partial charge < -0.3 is 15.4 Å². The standard InChI is InChI=1S/C10H16N2O/c1-12(2)9-5-4-8(7-11)6-10(9)13-3/h4-6H,7,11H2,1-3H3. The molecule has 3 nitrogen and oxygen atoms in total. The predicted octanol–water partition coefficient (Wildman–Crippen LogP) is 1.22. The highest BCUT2D eigenvalue weighted by Crippen LogP contribution is 2.27. The second kappa shape index (κ2) is 4.14. The molecule has 1 aromatic carbocycles. The third-order valence-electron chi connectivity index (χ3n) is 1.96. The molecule has 0 unspecified atom stereocenters. The van der Waals surface area contributed by atoms with Crippen LogP contribution < -0.4 is 15.4 Å². The first-order valence-electron chi connectivity index (χ1n) is 4.23. The summed E-state index contributed by atoms with van der Waals surface area (Å²) in [6.07, 6.45) is 0. The average Bonchev–Trinajstić information content (AvgIpc) is 2.16. The van der Waals surface area contributed by atoms with Crippen LogP contribution in [-0.4, -0.2) is 21.2 Å². The minimum Gasteiger partial charge on any atom is -0.495 e. The number of rotatable bonds is 3. The highest BCUT2D eigenvalue weighted by Gasteiger charge is 2.04. The Balaban J connectivity index is 3.08. The summed E-state index contributed by atoms with van der Waals surface area (Å²) in [5.41, 5.74) is 7.69. The van der Waals surface area contributed by atoms with Gasteiger partial charge in [0, 0.05) is 20.6 Å². The summed E-state index contributed by atoms with van der Waals surface area (Å²) in [5, 5.41) is 0. The Morgan fingerprint density at radius 1 is 1.38 bits per heavy atom. The zero-order valence-corrected chi connectivity index (χ0v) is 8.37. The van der Waals surface area contributed by atoms with Crippen molar-refractivity contribution in [2.75, 3.05) is 26.1 Å². The molecule has 0 aliphatic rings. The van der Waals surface area contributed by atoms with Crippen molar-refractivity contribution in [2.24, 2.45) is 5.73 Å². The second-order valence-corrected chi connectivity index (χ2v) is 3.10. The maximum absolute atomic E-state index is 5.53. The summed E-state index contributed by atoms with van der Waals surface area (Å²) < 4.78 is 5.25. The van der Waals surface area contributed by atoms with Crippen molar-refractivity contribution >= 4 is 5.69 Å². The molecular formula is C10H16N2O. The first-order chi connectivity index (χ1) is 6.19. The predicted molar refractivity (Wildman–Crippen MR) is 55.2 cm³/mol. The zero-order chi connectivity index (χ0) is 9.84. The molecule has 1 rings (SSSR count). The van der Waals surface area contributed by atoms with Gasteiger partial charge in [-0.05, 0) is 17.7 Å². The highest BCUT2D eigenvalue weighted by atomic mass is 16.5. The molecule has 13 heavy (non-hydrogen) atoms. The topological polar surface area (TPSA) is 38.5 Å². The van der Waals surface area contributed by atoms with Crippen molar-refractivity contribution in [1.29, 1.82) is 0 Å². The molecule has 0 atom stereocenters. The van der Waals surface area contributed by atoms with Crippen molar-refractivity contribution in [2.45, 2.75) is 6.54 Å². The van der Waals surface area contributed by atoms with Gasteiger partial charge in [-0.15, -0.1) is 0 Å². The van der Waals surface area contributed by atoms with Gasteiger partial charge in [-0.3, -0.25) is 0 Å². The molecule has 0 aliphatic carbocycles. The molecule has 0 radical (unpaired) electrons. The Kier molecular flexibility index (Phi) is 3.14. The molecular weight excluding hydrogens is 164 g/mol. The summed E-state index contributed by atoms with van der Waals surface area (Å²) in [5.74, 6) is 0.868. The van der Waals surface area contributed by atoms with Gasteiger partial charge in [-0.25, -0.2) is 0 Å². The molecule has 0 saturated heterocycles. The minimum absolute atomic E-state index is 0.546. The van der Waals surface area contributed by atoms with Gasteiger partial charge in [0.05, 0.1) is 12.8 Å². The number of nitrogens with zero attached hydrogens (tertiary/aromatic N) is 1. The molecule has 1 aromatic rings. The number of ether oxygens (including phenoxy) is 1.